The average molecular weight is 227 g/mol. The summed E-state index contributed by atoms with van der Waals surface area (Å²) in [5, 5.41) is 0. The molecule has 1 aliphatic carbocycles. The molecule has 2 rings (SSSR count). The maximum atomic E-state index is 11.7. The van der Waals surface area contributed by atoms with Crippen LogP contribution in [-0.4, -0.2) is 11.7 Å². The van der Waals surface area contributed by atoms with Crippen molar-refractivity contribution in [2.75, 3.05) is 0 Å². The van der Waals surface area contributed by atoms with Gasteiger partial charge in [0.05, 0.1) is 6.42 Å². The minimum absolute atomic E-state index is 0.0583. The van der Waals surface area contributed by atoms with Crippen molar-refractivity contribution in [1.29, 1.82) is 0 Å². The summed E-state index contributed by atoms with van der Waals surface area (Å²) in [5.41, 5.74) is 6.51. The topological polar surface area (TPSA) is 60.2 Å². The average Bonchev–Trinajstić information content (AvgIpc) is 3.12. The molecule has 0 radical (unpaired) electrons. The summed E-state index contributed by atoms with van der Waals surface area (Å²) in [4.78, 5) is 22.2. The number of carbonyl (C=O) groups excluding carboxylic acids is 2. The molecule has 86 valence electrons. The van der Waals surface area contributed by atoms with Gasteiger partial charge in [0.15, 0.2) is 5.78 Å². The van der Waals surface area contributed by atoms with Gasteiger partial charge in [-0.1, -0.05) is 24.0 Å². The zero-order valence-electron chi connectivity index (χ0n) is 9.40. The summed E-state index contributed by atoms with van der Waals surface area (Å²) >= 11 is 0. The molecule has 1 fully saturated rings. The van der Waals surface area contributed by atoms with Gasteiger partial charge in [-0.2, -0.15) is 0 Å². The molecule has 1 aromatic carbocycles. The summed E-state index contributed by atoms with van der Waals surface area (Å²) in [6.45, 7) is 0. The predicted molar refractivity (Wildman–Crippen MR) is 64.2 cm³/mol. The SMILES string of the molecule is NC(=O)CC#Cc1ccc(C(=O)C2CC2)cc1. The molecule has 0 unspecified atom stereocenters. The molecule has 0 saturated heterocycles. The third kappa shape index (κ3) is 3.18. The highest BCUT2D eigenvalue weighted by atomic mass is 16.1. The highest BCUT2D eigenvalue weighted by Gasteiger charge is 2.30. The monoisotopic (exact) mass is 227 g/mol. The molecule has 0 heterocycles. The number of hydrogen-bond acceptors (Lipinski definition) is 2. The van der Waals surface area contributed by atoms with Crippen molar-refractivity contribution in [3.05, 3.63) is 35.4 Å². The number of hydrogen-bond donors (Lipinski definition) is 1. The van der Waals surface area contributed by atoms with Crippen LogP contribution >= 0.6 is 0 Å². The second kappa shape index (κ2) is 4.84. The van der Waals surface area contributed by atoms with Crippen LogP contribution in [-0.2, 0) is 4.79 Å². The summed E-state index contributed by atoms with van der Waals surface area (Å²) < 4.78 is 0. The first kappa shape index (κ1) is 11.4. The normalized spacial score (nSPS) is 13.6. The molecule has 0 atom stereocenters. The van der Waals surface area contributed by atoms with Crippen LogP contribution in [0.4, 0.5) is 0 Å². The molecule has 1 amide bonds. The molecule has 1 aliphatic rings. The van der Waals surface area contributed by atoms with Crippen LogP contribution in [0.1, 0.15) is 35.2 Å². The fourth-order valence-electron chi connectivity index (χ4n) is 1.53. The van der Waals surface area contributed by atoms with Gasteiger partial charge in [0, 0.05) is 17.0 Å². The van der Waals surface area contributed by atoms with Crippen LogP contribution in [0.25, 0.3) is 0 Å². The second-order valence-electron chi connectivity index (χ2n) is 4.16. The predicted octanol–water partition coefficient (Wildman–Crippen LogP) is 1.51. The molecule has 2 N–H and O–H groups in total. The van der Waals surface area contributed by atoms with Crippen LogP contribution in [0.15, 0.2) is 24.3 Å². The van der Waals surface area contributed by atoms with Gasteiger partial charge in [0.1, 0.15) is 0 Å². The first-order valence-electron chi connectivity index (χ1n) is 5.58. The number of ketones is 1. The highest BCUT2D eigenvalue weighted by molar-refractivity contribution is 5.99. The smallest absolute Gasteiger partial charge is 0.229 e. The van der Waals surface area contributed by atoms with Gasteiger partial charge in [-0.25, -0.2) is 0 Å². The Hall–Kier alpha value is -2.08. The number of amides is 1. The zero-order valence-corrected chi connectivity index (χ0v) is 9.40. The van der Waals surface area contributed by atoms with Gasteiger partial charge in [-0.3, -0.25) is 9.59 Å². The lowest BCUT2D eigenvalue weighted by molar-refractivity contribution is -0.117. The van der Waals surface area contributed by atoms with Crippen molar-refractivity contribution in [3.63, 3.8) is 0 Å². The first-order valence-corrected chi connectivity index (χ1v) is 5.58. The van der Waals surface area contributed by atoms with Gasteiger partial charge in [-0.05, 0) is 25.0 Å². The van der Waals surface area contributed by atoms with Crippen LogP contribution in [0.3, 0.4) is 0 Å². The lowest BCUT2D eigenvalue weighted by Crippen LogP contribution is -2.08. The Morgan fingerprint density at radius 1 is 1.24 bits per heavy atom. The number of benzene rings is 1. The van der Waals surface area contributed by atoms with Crippen molar-refractivity contribution in [3.8, 4) is 11.8 Å². The zero-order chi connectivity index (χ0) is 12.3. The Kier molecular flexibility index (Phi) is 3.24. The van der Waals surface area contributed by atoms with Gasteiger partial charge in [0.2, 0.25) is 5.91 Å². The Balaban J connectivity index is 2.03. The van der Waals surface area contributed by atoms with E-state index >= 15 is 0 Å². The van der Waals surface area contributed by atoms with Gasteiger partial charge < -0.3 is 5.73 Å². The number of Topliss-reactive ketones (excluding diaryl/α,β-unsaturated/α-hetero) is 1. The van der Waals surface area contributed by atoms with Gasteiger partial charge in [0.25, 0.3) is 0 Å². The number of primary amides is 1. The van der Waals surface area contributed by atoms with E-state index in [2.05, 4.69) is 11.8 Å². The fourth-order valence-corrected chi connectivity index (χ4v) is 1.53. The van der Waals surface area contributed by atoms with Crippen molar-refractivity contribution in [2.24, 2.45) is 11.7 Å². The number of carbonyl (C=O) groups is 2. The standard InChI is InChI=1S/C14H13NO2/c15-13(16)3-1-2-10-4-6-11(7-5-10)14(17)12-8-9-12/h4-7,12H,3,8-9H2,(H2,15,16). The first-order chi connectivity index (χ1) is 8.16. The number of nitrogens with two attached hydrogens (primary N) is 1. The van der Waals surface area contributed by atoms with Crippen molar-refractivity contribution in [2.45, 2.75) is 19.3 Å². The maximum Gasteiger partial charge on any atom is 0.229 e. The third-order valence-electron chi connectivity index (χ3n) is 2.61. The van der Waals surface area contributed by atoms with Crippen molar-refractivity contribution < 1.29 is 9.59 Å². The van der Waals surface area contributed by atoms with Crippen LogP contribution in [0.5, 0.6) is 0 Å². The third-order valence-corrected chi connectivity index (χ3v) is 2.61. The van der Waals surface area contributed by atoms with E-state index in [9.17, 15) is 9.59 Å². The molecule has 3 heteroatoms. The minimum atomic E-state index is -0.432. The highest BCUT2D eigenvalue weighted by Crippen LogP contribution is 2.32. The molecule has 0 aliphatic heterocycles. The molecular weight excluding hydrogens is 214 g/mol. The molecule has 17 heavy (non-hydrogen) atoms. The summed E-state index contributed by atoms with van der Waals surface area (Å²) in [7, 11) is 0. The summed E-state index contributed by atoms with van der Waals surface area (Å²) in [5.74, 6) is 5.53. The van der Waals surface area contributed by atoms with Gasteiger partial charge >= 0.3 is 0 Å². The minimum Gasteiger partial charge on any atom is -0.369 e. The maximum absolute atomic E-state index is 11.7. The van der Waals surface area contributed by atoms with Crippen LogP contribution in [0.2, 0.25) is 0 Å². The van der Waals surface area contributed by atoms with Crippen molar-refractivity contribution in [1.82, 2.24) is 0 Å². The Labute approximate surface area is 100 Å². The number of rotatable bonds is 3. The summed E-state index contributed by atoms with van der Waals surface area (Å²) in [6.07, 6.45) is 2.08. The summed E-state index contributed by atoms with van der Waals surface area (Å²) in [6, 6.07) is 7.16. The molecule has 0 spiro atoms. The fraction of sp³-hybridized carbons (Fsp3) is 0.286. The molecule has 0 aromatic heterocycles. The van der Waals surface area contributed by atoms with Gasteiger partial charge in [-0.15, -0.1) is 0 Å². The quantitative estimate of drug-likeness (QED) is 0.628. The second-order valence-corrected chi connectivity index (χ2v) is 4.16. The molecule has 1 saturated carbocycles. The molecular formula is C14H13NO2. The Morgan fingerprint density at radius 2 is 1.88 bits per heavy atom. The van der Waals surface area contributed by atoms with E-state index in [1.165, 1.54) is 0 Å². The lowest BCUT2D eigenvalue weighted by atomic mass is 10.1. The van der Waals surface area contributed by atoms with E-state index in [0.717, 1.165) is 24.0 Å². The largest absolute Gasteiger partial charge is 0.369 e. The van der Waals surface area contributed by atoms with E-state index < -0.39 is 5.91 Å². The molecule has 0 bridgehead atoms. The van der Waals surface area contributed by atoms with E-state index in [1.807, 2.05) is 0 Å². The van der Waals surface area contributed by atoms with Crippen molar-refractivity contribution >= 4 is 11.7 Å². The molecule has 3 nitrogen and oxygen atoms in total. The van der Waals surface area contributed by atoms with E-state index in [0.29, 0.717) is 0 Å². The van der Waals surface area contributed by atoms with Crippen LogP contribution < -0.4 is 5.73 Å². The van der Waals surface area contributed by atoms with Crippen LogP contribution in [0, 0.1) is 17.8 Å². The van der Waals surface area contributed by atoms with E-state index in [-0.39, 0.29) is 18.1 Å². The lowest BCUT2D eigenvalue weighted by Gasteiger charge is -1.98. The Bertz CT molecular complexity index is 501. The Morgan fingerprint density at radius 3 is 2.41 bits per heavy atom. The van der Waals surface area contributed by atoms with E-state index in [4.69, 9.17) is 5.73 Å². The van der Waals surface area contributed by atoms with E-state index in [1.54, 1.807) is 24.3 Å². The molecule has 1 aromatic rings.